The smallest absolute Gasteiger partial charge is 0.264 e. The number of unbranched alkanes of at least 4 members (excludes halogenated alkanes) is 3. The number of imide groups is 2. The Morgan fingerprint density at radius 2 is 1.69 bits per heavy atom. The highest BCUT2D eigenvalue weighted by atomic mass is 19.1. The first-order valence-electron chi connectivity index (χ1n) is 19.5. The highest BCUT2D eigenvalue weighted by Crippen LogP contribution is 2.34. The van der Waals surface area contributed by atoms with E-state index in [1.807, 2.05) is 29.2 Å². The zero-order valence-electron chi connectivity index (χ0n) is 31.9. The Bertz CT molecular complexity index is 2410. The third-order valence-corrected chi connectivity index (χ3v) is 11.0. The predicted octanol–water partition coefficient (Wildman–Crippen LogP) is 4.95. The first-order valence-corrected chi connectivity index (χ1v) is 19.5. The maximum atomic E-state index is 14.8. The molecule has 3 aliphatic rings. The van der Waals surface area contributed by atoms with E-state index in [0.717, 1.165) is 41.8 Å². The number of aromatic nitrogens is 4. The van der Waals surface area contributed by atoms with Crippen LogP contribution in [0.5, 0.6) is 5.75 Å². The summed E-state index contributed by atoms with van der Waals surface area (Å²) in [5.74, 6) is -1.90. The predicted molar refractivity (Wildman–Crippen MR) is 213 cm³/mol. The number of piperazine rings is 1. The minimum atomic E-state index is -1.01. The van der Waals surface area contributed by atoms with E-state index in [1.54, 1.807) is 36.5 Å². The van der Waals surface area contributed by atoms with E-state index < -0.39 is 35.5 Å². The molecule has 3 aromatic carbocycles. The summed E-state index contributed by atoms with van der Waals surface area (Å²) in [6.45, 7) is 3.28. The summed E-state index contributed by atoms with van der Waals surface area (Å²) in [6, 6.07) is 16.6. The summed E-state index contributed by atoms with van der Waals surface area (Å²) in [5.41, 5.74) is 4.93. The fraction of sp³-hybridized carbons (Fsp3) is 0.333. The molecule has 15 nitrogen and oxygen atoms in total. The number of nitrogens with zero attached hydrogens (tertiary/aromatic N) is 6. The zero-order chi connectivity index (χ0) is 40.3. The number of methoxy groups -OCH3 is 1. The van der Waals surface area contributed by atoms with Gasteiger partial charge in [-0.05, 0) is 55.7 Å². The number of fused-ring (bicyclic) bond motifs is 2. The molecule has 58 heavy (non-hydrogen) atoms. The number of halogens is 1. The highest BCUT2D eigenvalue weighted by molar-refractivity contribution is 6.25. The van der Waals surface area contributed by atoms with Gasteiger partial charge in [-0.2, -0.15) is 5.10 Å². The molecule has 0 spiro atoms. The van der Waals surface area contributed by atoms with Gasteiger partial charge >= 0.3 is 0 Å². The molecule has 2 saturated heterocycles. The van der Waals surface area contributed by atoms with Crippen LogP contribution in [0.4, 0.5) is 15.8 Å². The summed E-state index contributed by atoms with van der Waals surface area (Å²) >= 11 is 0. The van der Waals surface area contributed by atoms with Gasteiger partial charge in [0.05, 0.1) is 30.0 Å². The Morgan fingerprint density at radius 1 is 0.914 bits per heavy atom. The molecule has 5 heterocycles. The van der Waals surface area contributed by atoms with Crippen LogP contribution in [0, 0.1) is 5.82 Å². The highest BCUT2D eigenvalue weighted by Gasteiger charge is 2.45. The molecule has 0 saturated carbocycles. The summed E-state index contributed by atoms with van der Waals surface area (Å²) in [4.78, 5) is 77.6. The van der Waals surface area contributed by atoms with Gasteiger partial charge in [-0.3, -0.25) is 39.3 Å². The van der Waals surface area contributed by atoms with Crippen LogP contribution in [-0.2, 0) is 14.4 Å². The number of H-pyrrole nitrogens is 1. The van der Waals surface area contributed by atoms with Gasteiger partial charge in [0.15, 0.2) is 5.82 Å². The van der Waals surface area contributed by atoms with Crippen molar-refractivity contribution in [3.05, 3.63) is 83.8 Å². The first-order chi connectivity index (χ1) is 28.2. The van der Waals surface area contributed by atoms with Gasteiger partial charge in [-0.1, -0.05) is 37.1 Å². The SMILES string of the molecule is COc1cccc(F)c1-c1ncc2[nH]nc(-c3ccc(N4CCN(C(=O)CCCCCCNc5cccc6c5C(=O)N(C5CCC(=O)NC5=O)C6=O)CC4)cc3)c2n1. The number of hydrogen-bond donors (Lipinski definition) is 3. The van der Waals surface area contributed by atoms with Gasteiger partial charge < -0.3 is 19.9 Å². The van der Waals surface area contributed by atoms with Crippen LogP contribution in [0.25, 0.3) is 33.7 Å². The number of amides is 5. The number of rotatable bonds is 13. The molecule has 16 heteroatoms. The number of carbonyl (C=O) groups is 5. The molecule has 2 aromatic heterocycles. The van der Waals surface area contributed by atoms with Crippen molar-refractivity contribution in [2.45, 2.75) is 51.0 Å². The van der Waals surface area contributed by atoms with E-state index in [4.69, 9.17) is 4.74 Å². The average molecular weight is 788 g/mol. The van der Waals surface area contributed by atoms with Gasteiger partial charge in [-0.15, -0.1) is 0 Å². The number of benzene rings is 3. The van der Waals surface area contributed by atoms with Crippen molar-refractivity contribution in [2.75, 3.05) is 50.1 Å². The van der Waals surface area contributed by atoms with Crippen molar-refractivity contribution in [3.63, 3.8) is 0 Å². The Labute approximate surface area is 333 Å². The monoisotopic (exact) mass is 787 g/mol. The molecule has 3 aliphatic heterocycles. The topological polar surface area (TPSA) is 183 Å². The molecule has 1 unspecified atom stereocenters. The van der Waals surface area contributed by atoms with Crippen molar-refractivity contribution in [2.24, 2.45) is 0 Å². The van der Waals surface area contributed by atoms with Crippen LogP contribution >= 0.6 is 0 Å². The fourth-order valence-corrected chi connectivity index (χ4v) is 7.87. The molecule has 8 rings (SSSR count). The quantitative estimate of drug-likeness (QED) is 0.109. The van der Waals surface area contributed by atoms with E-state index in [9.17, 15) is 28.4 Å². The van der Waals surface area contributed by atoms with E-state index in [0.29, 0.717) is 67.3 Å². The maximum absolute atomic E-state index is 14.8. The van der Waals surface area contributed by atoms with E-state index in [-0.39, 0.29) is 41.3 Å². The largest absolute Gasteiger partial charge is 0.496 e. The molecule has 0 radical (unpaired) electrons. The van der Waals surface area contributed by atoms with Gasteiger partial charge in [0.2, 0.25) is 17.7 Å². The van der Waals surface area contributed by atoms with Crippen molar-refractivity contribution in [1.82, 2.24) is 35.3 Å². The number of aromatic amines is 1. The van der Waals surface area contributed by atoms with Gasteiger partial charge in [0.25, 0.3) is 11.8 Å². The van der Waals surface area contributed by atoms with Crippen molar-refractivity contribution >= 4 is 51.9 Å². The molecular weight excluding hydrogens is 746 g/mol. The molecule has 3 N–H and O–H groups in total. The maximum Gasteiger partial charge on any atom is 0.264 e. The first kappa shape index (κ1) is 38.2. The molecule has 1 atom stereocenters. The van der Waals surface area contributed by atoms with E-state index in [1.165, 1.54) is 13.2 Å². The van der Waals surface area contributed by atoms with Crippen LogP contribution < -0.4 is 20.3 Å². The molecule has 2 fully saturated rings. The summed E-state index contributed by atoms with van der Waals surface area (Å²) in [5, 5.41) is 12.9. The third kappa shape index (κ3) is 7.44. The van der Waals surface area contributed by atoms with Crippen molar-refractivity contribution < 1.29 is 33.1 Å². The minimum Gasteiger partial charge on any atom is -0.496 e. The molecule has 0 bridgehead atoms. The lowest BCUT2D eigenvalue weighted by Gasteiger charge is -2.36. The second kappa shape index (κ2) is 16.4. The number of nitrogens with one attached hydrogen (secondary N) is 3. The lowest BCUT2D eigenvalue weighted by molar-refractivity contribution is -0.136. The molecular formula is C42H42FN9O6. The lowest BCUT2D eigenvalue weighted by Crippen LogP contribution is -2.54. The number of piperidine rings is 1. The number of ether oxygens (including phenoxy) is 1. The van der Waals surface area contributed by atoms with Crippen LogP contribution in [0.15, 0.2) is 66.9 Å². The van der Waals surface area contributed by atoms with Crippen LogP contribution in [0.3, 0.4) is 0 Å². The van der Waals surface area contributed by atoms with E-state index in [2.05, 4.69) is 35.7 Å². The number of carbonyl (C=O) groups excluding carboxylic acids is 5. The van der Waals surface area contributed by atoms with Gasteiger partial charge in [0.1, 0.15) is 34.3 Å². The van der Waals surface area contributed by atoms with E-state index >= 15 is 0 Å². The number of anilines is 2. The lowest BCUT2D eigenvalue weighted by atomic mass is 10.0. The van der Waals surface area contributed by atoms with Gasteiger partial charge in [-0.25, -0.2) is 14.4 Å². The Hall–Kier alpha value is -6.71. The fourth-order valence-electron chi connectivity index (χ4n) is 7.87. The number of hydrogen-bond acceptors (Lipinski definition) is 11. The van der Waals surface area contributed by atoms with Crippen LogP contribution in [-0.4, -0.2) is 105 Å². The molecule has 5 aromatic rings. The Kier molecular flexibility index (Phi) is 10.8. The molecule has 0 aliphatic carbocycles. The zero-order valence-corrected chi connectivity index (χ0v) is 31.9. The minimum absolute atomic E-state index is 0.0674. The third-order valence-electron chi connectivity index (χ3n) is 11.0. The second-order valence-electron chi connectivity index (χ2n) is 14.5. The molecule has 5 amide bonds. The van der Waals surface area contributed by atoms with Gasteiger partial charge in [0, 0.05) is 62.5 Å². The van der Waals surface area contributed by atoms with Crippen molar-refractivity contribution in [3.8, 4) is 28.4 Å². The second-order valence-corrected chi connectivity index (χ2v) is 14.5. The average Bonchev–Trinajstić information content (AvgIpc) is 3.78. The van der Waals surface area contributed by atoms with Crippen molar-refractivity contribution in [1.29, 1.82) is 0 Å². The Morgan fingerprint density at radius 3 is 2.47 bits per heavy atom. The normalized spacial score (nSPS) is 16.9. The van der Waals surface area contributed by atoms with Crippen LogP contribution in [0.2, 0.25) is 0 Å². The summed E-state index contributed by atoms with van der Waals surface area (Å²) in [7, 11) is 1.48. The summed E-state index contributed by atoms with van der Waals surface area (Å²) in [6.07, 6.45) is 5.59. The van der Waals surface area contributed by atoms with Crippen LogP contribution in [0.1, 0.15) is 65.7 Å². The standard InChI is InChI=1S/C42H42FN9O6/c1-58-32-11-7-9-28(43)36(32)39-45-24-30-38(47-39)37(49-48-30)25-13-15-26(16-14-25)50-20-22-51(23-21-50)34(54)12-4-2-3-5-19-44-29-10-6-8-27-35(29)42(57)52(41(27)56)31-17-18-33(53)46-40(31)55/h6-11,13-16,24,31,44H,2-5,12,17-23H2,1H3,(H,48,49)(H,46,53,55). The molecule has 298 valence electrons. The summed E-state index contributed by atoms with van der Waals surface area (Å²) < 4.78 is 20.1. The Balaban J connectivity index is 0.775.